The van der Waals surface area contributed by atoms with Crippen LogP contribution in [-0.2, 0) is 11.3 Å². The van der Waals surface area contributed by atoms with E-state index in [9.17, 15) is 14.7 Å². The van der Waals surface area contributed by atoms with Gasteiger partial charge in [0.05, 0.1) is 11.0 Å². The first-order chi connectivity index (χ1) is 10.0. The summed E-state index contributed by atoms with van der Waals surface area (Å²) >= 11 is 0. The smallest absolute Gasteiger partial charge is 0.323 e. The van der Waals surface area contributed by atoms with Crippen molar-refractivity contribution in [3.63, 3.8) is 0 Å². The summed E-state index contributed by atoms with van der Waals surface area (Å²) in [6, 6.07) is 10.9. The maximum absolute atomic E-state index is 12.7. The van der Waals surface area contributed by atoms with Gasteiger partial charge in [0.15, 0.2) is 5.43 Å². The van der Waals surface area contributed by atoms with Crippen LogP contribution in [0.25, 0.3) is 21.8 Å². The number of carbonyl (C=O) groups is 1. The molecule has 3 rings (SSSR count). The molecule has 1 N–H and O–H groups in total. The number of hydrogen-bond donors (Lipinski definition) is 1. The summed E-state index contributed by atoms with van der Waals surface area (Å²) in [5, 5.41) is 10.4. The number of hydrogen-bond acceptors (Lipinski definition) is 2. The van der Waals surface area contributed by atoms with Gasteiger partial charge in [-0.25, -0.2) is 0 Å². The zero-order valence-corrected chi connectivity index (χ0v) is 11.9. The van der Waals surface area contributed by atoms with Gasteiger partial charge in [0.1, 0.15) is 6.54 Å². The minimum Gasteiger partial charge on any atom is -0.480 e. The molecule has 1 heterocycles. The average Bonchev–Trinajstić information content (AvgIpc) is 2.43. The third kappa shape index (κ3) is 2.00. The Morgan fingerprint density at radius 3 is 1.90 bits per heavy atom. The SMILES string of the molecule is Cc1cccc2c(=O)c3cccc(C)c3n(CC(=O)O)c12. The number of aliphatic carboxylic acids is 1. The van der Waals surface area contributed by atoms with Gasteiger partial charge in [0, 0.05) is 10.8 Å². The van der Waals surface area contributed by atoms with Gasteiger partial charge in [0.2, 0.25) is 0 Å². The zero-order valence-electron chi connectivity index (χ0n) is 11.9. The van der Waals surface area contributed by atoms with E-state index in [2.05, 4.69) is 0 Å². The highest BCUT2D eigenvalue weighted by Gasteiger charge is 2.15. The number of fused-ring (bicyclic) bond motifs is 2. The monoisotopic (exact) mass is 281 g/mol. The highest BCUT2D eigenvalue weighted by Crippen LogP contribution is 2.24. The molecule has 0 amide bonds. The molecule has 0 radical (unpaired) electrons. The summed E-state index contributed by atoms with van der Waals surface area (Å²) in [5.74, 6) is -0.923. The normalized spacial score (nSPS) is 11.1. The number of aryl methyl sites for hydroxylation is 2. The number of nitrogens with zero attached hydrogens (tertiary/aromatic N) is 1. The Labute approximate surface area is 121 Å². The Kier molecular flexibility index (Phi) is 3.01. The van der Waals surface area contributed by atoms with E-state index in [0.29, 0.717) is 21.8 Å². The Bertz CT molecular complexity index is 872. The predicted octanol–water partition coefficient (Wildman–Crippen LogP) is 2.86. The van der Waals surface area contributed by atoms with Gasteiger partial charge in [-0.15, -0.1) is 0 Å². The average molecular weight is 281 g/mol. The number of para-hydroxylation sites is 2. The standard InChI is InChI=1S/C17H15NO3/c1-10-5-3-7-12-15(10)18(9-14(19)20)16-11(2)6-4-8-13(16)17(12)21/h3-8H,9H2,1-2H3,(H,19,20). The number of rotatable bonds is 2. The van der Waals surface area contributed by atoms with Crippen molar-refractivity contribution in [2.75, 3.05) is 0 Å². The van der Waals surface area contributed by atoms with Gasteiger partial charge in [-0.3, -0.25) is 9.59 Å². The van der Waals surface area contributed by atoms with Crippen molar-refractivity contribution in [1.29, 1.82) is 0 Å². The van der Waals surface area contributed by atoms with Crippen LogP contribution in [0, 0.1) is 13.8 Å². The summed E-state index contributed by atoms with van der Waals surface area (Å²) in [6.07, 6.45) is 0. The van der Waals surface area contributed by atoms with Gasteiger partial charge < -0.3 is 9.67 Å². The molecule has 0 aliphatic carbocycles. The van der Waals surface area contributed by atoms with Crippen LogP contribution in [0.4, 0.5) is 0 Å². The fraction of sp³-hybridized carbons (Fsp3) is 0.176. The third-order valence-electron chi connectivity index (χ3n) is 3.80. The molecular formula is C17H15NO3. The van der Waals surface area contributed by atoms with E-state index < -0.39 is 5.97 Å². The first kappa shape index (κ1) is 13.4. The molecule has 1 aromatic heterocycles. The summed E-state index contributed by atoms with van der Waals surface area (Å²) in [6.45, 7) is 3.62. The van der Waals surface area contributed by atoms with Crippen LogP contribution in [0.5, 0.6) is 0 Å². The van der Waals surface area contributed by atoms with Crippen LogP contribution < -0.4 is 5.43 Å². The Hall–Kier alpha value is -2.62. The van der Waals surface area contributed by atoms with Crippen molar-refractivity contribution in [2.24, 2.45) is 0 Å². The Morgan fingerprint density at radius 1 is 1.00 bits per heavy atom. The van der Waals surface area contributed by atoms with E-state index in [1.807, 2.05) is 38.1 Å². The molecular weight excluding hydrogens is 266 g/mol. The number of pyridine rings is 1. The lowest BCUT2D eigenvalue weighted by molar-refractivity contribution is -0.137. The molecule has 0 saturated heterocycles. The quantitative estimate of drug-likeness (QED) is 0.735. The van der Waals surface area contributed by atoms with Crippen molar-refractivity contribution >= 4 is 27.8 Å². The molecule has 0 spiro atoms. The number of benzene rings is 2. The van der Waals surface area contributed by atoms with Crippen molar-refractivity contribution in [3.8, 4) is 0 Å². The Morgan fingerprint density at radius 2 is 1.48 bits per heavy atom. The van der Waals surface area contributed by atoms with E-state index in [4.69, 9.17) is 0 Å². The van der Waals surface area contributed by atoms with Gasteiger partial charge in [0.25, 0.3) is 0 Å². The molecule has 0 unspecified atom stereocenters. The van der Waals surface area contributed by atoms with E-state index in [-0.39, 0.29) is 12.0 Å². The molecule has 0 bridgehead atoms. The second-order valence-corrected chi connectivity index (χ2v) is 5.25. The number of carboxylic acids is 1. The van der Waals surface area contributed by atoms with Crippen molar-refractivity contribution < 1.29 is 9.90 Å². The molecule has 0 aliphatic heterocycles. The van der Waals surface area contributed by atoms with E-state index in [0.717, 1.165) is 11.1 Å². The fourth-order valence-electron chi connectivity index (χ4n) is 2.95. The molecule has 4 nitrogen and oxygen atoms in total. The number of carboxylic acid groups (broad SMARTS) is 1. The van der Waals surface area contributed by atoms with Crippen LogP contribution in [0.2, 0.25) is 0 Å². The predicted molar refractivity (Wildman–Crippen MR) is 82.8 cm³/mol. The Balaban J connectivity index is 2.66. The maximum atomic E-state index is 12.7. The van der Waals surface area contributed by atoms with Crippen LogP contribution in [-0.4, -0.2) is 15.6 Å². The van der Waals surface area contributed by atoms with Crippen LogP contribution >= 0.6 is 0 Å². The molecule has 0 fully saturated rings. The highest BCUT2D eigenvalue weighted by molar-refractivity contribution is 5.97. The van der Waals surface area contributed by atoms with Gasteiger partial charge in [-0.1, -0.05) is 24.3 Å². The summed E-state index contributed by atoms with van der Waals surface area (Å²) in [7, 11) is 0. The molecule has 0 atom stereocenters. The van der Waals surface area contributed by atoms with Crippen LogP contribution in [0.3, 0.4) is 0 Å². The van der Waals surface area contributed by atoms with Crippen molar-refractivity contribution in [1.82, 2.24) is 4.57 Å². The minimum absolute atomic E-state index is 0.0472. The fourth-order valence-corrected chi connectivity index (χ4v) is 2.95. The van der Waals surface area contributed by atoms with Crippen molar-refractivity contribution in [2.45, 2.75) is 20.4 Å². The summed E-state index contributed by atoms with van der Waals surface area (Å²) in [5.41, 5.74) is 3.15. The largest absolute Gasteiger partial charge is 0.480 e. The van der Waals surface area contributed by atoms with Gasteiger partial charge in [-0.05, 0) is 37.1 Å². The van der Waals surface area contributed by atoms with E-state index in [1.54, 1.807) is 16.7 Å². The molecule has 4 heteroatoms. The molecule has 0 aliphatic rings. The minimum atomic E-state index is -0.923. The second-order valence-electron chi connectivity index (χ2n) is 5.25. The van der Waals surface area contributed by atoms with Gasteiger partial charge >= 0.3 is 5.97 Å². The number of aromatic nitrogens is 1. The lowest BCUT2D eigenvalue weighted by Crippen LogP contribution is -2.17. The molecule has 2 aromatic carbocycles. The first-order valence-electron chi connectivity index (χ1n) is 6.74. The lowest BCUT2D eigenvalue weighted by atomic mass is 10.0. The molecule has 0 saturated carbocycles. The van der Waals surface area contributed by atoms with E-state index in [1.165, 1.54) is 0 Å². The molecule has 106 valence electrons. The topological polar surface area (TPSA) is 59.3 Å². The second kappa shape index (κ2) is 4.74. The third-order valence-corrected chi connectivity index (χ3v) is 3.80. The lowest BCUT2D eigenvalue weighted by Gasteiger charge is -2.16. The van der Waals surface area contributed by atoms with Crippen molar-refractivity contribution in [3.05, 3.63) is 57.7 Å². The summed E-state index contributed by atoms with van der Waals surface area (Å²) < 4.78 is 1.74. The molecule has 3 aromatic rings. The maximum Gasteiger partial charge on any atom is 0.323 e. The van der Waals surface area contributed by atoms with Gasteiger partial charge in [-0.2, -0.15) is 0 Å². The highest BCUT2D eigenvalue weighted by atomic mass is 16.4. The van der Waals surface area contributed by atoms with E-state index >= 15 is 0 Å². The first-order valence-corrected chi connectivity index (χ1v) is 6.74. The zero-order chi connectivity index (χ0) is 15.1. The molecule has 21 heavy (non-hydrogen) atoms. The van der Waals surface area contributed by atoms with Crippen LogP contribution in [0.15, 0.2) is 41.2 Å². The van der Waals surface area contributed by atoms with Crippen LogP contribution in [0.1, 0.15) is 11.1 Å². The summed E-state index contributed by atoms with van der Waals surface area (Å²) in [4.78, 5) is 23.9.